The second kappa shape index (κ2) is 3.48. The number of carboxylic acids is 1. The third-order valence-electron chi connectivity index (χ3n) is 2.02. The van der Waals surface area contributed by atoms with E-state index in [4.69, 9.17) is 5.11 Å². The molecular formula is C11H17NO2. The number of aryl methyl sites for hydroxylation is 1. The van der Waals surface area contributed by atoms with Crippen molar-refractivity contribution in [1.82, 2.24) is 4.98 Å². The molecule has 0 aliphatic carbocycles. The summed E-state index contributed by atoms with van der Waals surface area (Å²) in [5.74, 6) is -0.862. The Balaban J connectivity index is 2.92. The van der Waals surface area contributed by atoms with E-state index >= 15 is 0 Å². The quantitative estimate of drug-likeness (QED) is 0.762. The van der Waals surface area contributed by atoms with Crippen LogP contribution >= 0.6 is 0 Å². The Morgan fingerprint density at radius 3 is 2.43 bits per heavy atom. The van der Waals surface area contributed by atoms with Gasteiger partial charge in [0.05, 0.1) is 5.56 Å². The minimum absolute atomic E-state index is 0.174. The topological polar surface area (TPSA) is 53.1 Å². The van der Waals surface area contributed by atoms with Crippen LogP contribution < -0.4 is 0 Å². The van der Waals surface area contributed by atoms with Crippen LogP contribution in [0, 0.1) is 12.3 Å². The first kappa shape index (κ1) is 10.8. The lowest BCUT2D eigenvalue weighted by molar-refractivity contribution is 0.0696. The first-order chi connectivity index (χ1) is 6.29. The van der Waals surface area contributed by atoms with E-state index in [0.29, 0.717) is 5.56 Å². The van der Waals surface area contributed by atoms with Crippen LogP contribution in [0.25, 0.3) is 0 Å². The van der Waals surface area contributed by atoms with Gasteiger partial charge in [-0.15, -0.1) is 0 Å². The van der Waals surface area contributed by atoms with Gasteiger partial charge >= 0.3 is 5.97 Å². The molecule has 0 saturated carbocycles. The van der Waals surface area contributed by atoms with Crippen molar-refractivity contribution in [2.75, 3.05) is 0 Å². The fourth-order valence-corrected chi connectivity index (χ4v) is 1.52. The predicted molar refractivity (Wildman–Crippen MR) is 55.6 cm³/mol. The Hall–Kier alpha value is -1.25. The highest BCUT2D eigenvalue weighted by Crippen LogP contribution is 2.21. The number of carbonyl (C=O) groups is 1. The van der Waals surface area contributed by atoms with Gasteiger partial charge in [-0.1, -0.05) is 20.8 Å². The number of hydrogen-bond donors (Lipinski definition) is 2. The molecule has 1 aromatic heterocycles. The van der Waals surface area contributed by atoms with Crippen LogP contribution in [-0.2, 0) is 6.42 Å². The van der Waals surface area contributed by atoms with E-state index in [2.05, 4.69) is 25.8 Å². The second-order valence-electron chi connectivity index (χ2n) is 4.88. The maximum absolute atomic E-state index is 10.8. The summed E-state index contributed by atoms with van der Waals surface area (Å²) in [5.41, 5.74) is 2.28. The predicted octanol–water partition coefficient (Wildman–Crippen LogP) is 2.61. The first-order valence-corrected chi connectivity index (χ1v) is 4.71. The van der Waals surface area contributed by atoms with Crippen LogP contribution in [0.15, 0.2) is 6.07 Å². The van der Waals surface area contributed by atoms with Crippen LogP contribution in [0.1, 0.15) is 42.5 Å². The molecule has 0 saturated heterocycles. The molecule has 0 aliphatic heterocycles. The van der Waals surface area contributed by atoms with Gasteiger partial charge in [0.1, 0.15) is 0 Å². The summed E-state index contributed by atoms with van der Waals surface area (Å²) < 4.78 is 0. The fraction of sp³-hybridized carbons (Fsp3) is 0.545. The molecule has 14 heavy (non-hydrogen) atoms. The number of rotatable bonds is 2. The third kappa shape index (κ3) is 2.62. The van der Waals surface area contributed by atoms with Gasteiger partial charge in [-0.2, -0.15) is 0 Å². The summed E-state index contributed by atoms with van der Waals surface area (Å²) in [6.07, 6.45) is 0.862. The Morgan fingerprint density at radius 2 is 2.07 bits per heavy atom. The summed E-state index contributed by atoms with van der Waals surface area (Å²) in [6, 6.07) is 1.73. The lowest BCUT2D eigenvalue weighted by atomic mass is 9.90. The lowest BCUT2D eigenvalue weighted by Crippen LogP contribution is -2.09. The zero-order chi connectivity index (χ0) is 10.9. The highest BCUT2D eigenvalue weighted by atomic mass is 16.4. The van der Waals surface area contributed by atoms with Gasteiger partial charge in [0.15, 0.2) is 0 Å². The number of nitrogens with one attached hydrogen (secondary N) is 1. The molecule has 1 heterocycles. The van der Waals surface area contributed by atoms with Gasteiger partial charge in [-0.25, -0.2) is 4.79 Å². The molecule has 0 bridgehead atoms. The van der Waals surface area contributed by atoms with Crippen LogP contribution in [0.2, 0.25) is 0 Å². The van der Waals surface area contributed by atoms with Gasteiger partial charge in [-0.05, 0) is 24.8 Å². The van der Waals surface area contributed by atoms with Crippen LogP contribution in [0.5, 0.6) is 0 Å². The monoisotopic (exact) mass is 195 g/mol. The van der Waals surface area contributed by atoms with E-state index < -0.39 is 5.97 Å². The lowest BCUT2D eigenvalue weighted by Gasteiger charge is -2.16. The van der Waals surface area contributed by atoms with Crippen LogP contribution in [0.4, 0.5) is 0 Å². The fourth-order valence-electron chi connectivity index (χ4n) is 1.52. The maximum atomic E-state index is 10.8. The first-order valence-electron chi connectivity index (χ1n) is 4.71. The Labute approximate surface area is 84.2 Å². The summed E-state index contributed by atoms with van der Waals surface area (Å²) in [4.78, 5) is 13.9. The Morgan fingerprint density at radius 1 is 1.50 bits per heavy atom. The van der Waals surface area contributed by atoms with Crippen molar-refractivity contribution in [2.24, 2.45) is 5.41 Å². The standard InChI is InChI=1S/C11H17NO2/c1-7-9(10(13)14)5-8(12-7)6-11(2,3)4/h5,12H,6H2,1-4H3,(H,13,14). The maximum Gasteiger partial charge on any atom is 0.337 e. The highest BCUT2D eigenvalue weighted by molar-refractivity contribution is 5.89. The molecule has 78 valence electrons. The molecule has 0 radical (unpaired) electrons. The van der Waals surface area contributed by atoms with Crippen LogP contribution in [0.3, 0.4) is 0 Å². The SMILES string of the molecule is Cc1[nH]c(CC(C)(C)C)cc1C(=O)O. The van der Waals surface area contributed by atoms with Gasteiger partial charge in [-0.3, -0.25) is 0 Å². The highest BCUT2D eigenvalue weighted by Gasteiger charge is 2.16. The minimum atomic E-state index is -0.862. The van der Waals surface area contributed by atoms with Crippen molar-refractivity contribution in [1.29, 1.82) is 0 Å². The molecule has 1 rings (SSSR count). The van der Waals surface area contributed by atoms with E-state index in [9.17, 15) is 4.79 Å². The van der Waals surface area contributed by atoms with Crippen molar-refractivity contribution in [2.45, 2.75) is 34.1 Å². The zero-order valence-corrected chi connectivity index (χ0v) is 9.14. The van der Waals surface area contributed by atoms with E-state index in [-0.39, 0.29) is 5.41 Å². The molecule has 3 heteroatoms. The average molecular weight is 195 g/mol. The molecular weight excluding hydrogens is 178 g/mol. The number of aromatic amines is 1. The Kier molecular flexibility index (Phi) is 2.69. The molecule has 1 aromatic rings. The molecule has 2 N–H and O–H groups in total. The van der Waals surface area contributed by atoms with Gasteiger partial charge in [0.2, 0.25) is 0 Å². The number of aromatic carboxylic acids is 1. The number of carboxylic acid groups (broad SMARTS) is 1. The largest absolute Gasteiger partial charge is 0.478 e. The number of aromatic nitrogens is 1. The van der Waals surface area contributed by atoms with E-state index in [1.165, 1.54) is 0 Å². The summed E-state index contributed by atoms with van der Waals surface area (Å²) in [5, 5.41) is 8.86. The molecule has 0 aliphatic rings. The average Bonchev–Trinajstić information content (AvgIpc) is 2.26. The van der Waals surface area contributed by atoms with E-state index in [0.717, 1.165) is 17.8 Å². The molecule has 0 spiro atoms. The normalized spacial score (nSPS) is 11.7. The van der Waals surface area contributed by atoms with Gasteiger partial charge < -0.3 is 10.1 Å². The molecule has 0 atom stereocenters. The van der Waals surface area contributed by atoms with Crippen molar-refractivity contribution in [3.63, 3.8) is 0 Å². The molecule has 0 fully saturated rings. The molecule has 0 amide bonds. The third-order valence-corrected chi connectivity index (χ3v) is 2.02. The van der Waals surface area contributed by atoms with Crippen molar-refractivity contribution < 1.29 is 9.90 Å². The Bertz CT molecular complexity index is 345. The van der Waals surface area contributed by atoms with Crippen molar-refractivity contribution >= 4 is 5.97 Å². The zero-order valence-electron chi connectivity index (χ0n) is 9.14. The number of hydrogen-bond acceptors (Lipinski definition) is 1. The minimum Gasteiger partial charge on any atom is -0.478 e. The molecule has 0 unspecified atom stereocenters. The van der Waals surface area contributed by atoms with Gasteiger partial charge in [0.25, 0.3) is 0 Å². The summed E-state index contributed by atoms with van der Waals surface area (Å²) in [7, 11) is 0. The summed E-state index contributed by atoms with van der Waals surface area (Å²) in [6.45, 7) is 8.17. The van der Waals surface area contributed by atoms with Crippen molar-refractivity contribution in [3.05, 3.63) is 23.0 Å². The van der Waals surface area contributed by atoms with Crippen LogP contribution in [-0.4, -0.2) is 16.1 Å². The number of H-pyrrole nitrogens is 1. The smallest absolute Gasteiger partial charge is 0.337 e. The van der Waals surface area contributed by atoms with Gasteiger partial charge in [0, 0.05) is 11.4 Å². The van der Waals surface area contributed by atoms with E-state index in [1.54, 1.807) is 13.0 Å². The molecule has 3 nitrogen and oxygen atoms in total. The molecule has 0 aromatic carbocycles. The summed E-state index contributed by atoms with van der Waals surface area (Å²) >= 11 is 0. The van der Waals surface area contributed by atoms with Crippen molar-refractivity contribution in [3.8, 4) is 0 Å². The second-order valence-corrected chi connectivity index (χ2v) is 4.88. The van der Waals surface area contributed by atoms with E-state index in [1.807, 2.05) is 0 Å².